The van der Waals surface area contributed by atoms with Crippen LogP contribution in [0.15, 0.2) is 42.5 Å². The Hall–Kier alpha value is -3.12. The van der Waals surface area contributed by atoms with Gasteiger partial charge in [0.2, 0.25) is 5.91 Å². The van der Waals surface area contributed by atoms with Crippen LogP contribution in [-0.2, 0) is 17.6 Å². The van der Waals surface area contributed by atoms with Crippen molar-refractivity contribution in [3.8, 4) is 5.69 Å². The lowest BCUT2D eigenvalue weighted by molar-refractivity contribution is -0.118. The zero-order valence-electron chi connectivity index (χ0n) is 19.2. The molecule has 0 bridgehead atoms. The van der Waals surface area contributed by atoms with Gasteiger partial charge in [-0.15, -0.1) is 0 Å². The number of nitrogens with one attached hydrogen (secondary N) is 1. The highest BCUT2D eigenvalue weighted by molar-refractivity contribution is 6.31. The third-order valence-corrected chi connectivity index (χ3v) is 7.84. The van der Waals surface area contributed by atoms with Gasteiger partial charge in [-0.1, -0.05) is 35.4 Å². The van der Waals surface area contributed by atoms with Gasteiger partial charge in [0.05, 0.1) is 11.6 Å². The first-order chi connectivity index (χ1) is 16.5. The van der Waals surface area contributed by atoms with Crippen molar-refractivity contribution in [2.24, 2.45) is 5.92 Å². The maximum absolute atomic E-state index is 13.5. The molecule has 3 heterocycles. The van der Waals surface area contributed by atoms with Gasteiger partial charge in [-0.05, 0) is 74.8 Å². The topological polar surface area (TPSA) is 67.2 Å². The Kier molecular flexibility index (Phi) is 5.21. The number of likely N-dealkylation sites (tertiary alicyclic amines) is 1. The van der Waals surface area contributed by atoms with Gasteiger partial charge in [0.1, 0.15) is 0 Å². The normalized spacial score (nSPS) is 19.8. The molecule has 0 radical (unpaired) electrons. The monoisotopic (exact) mass is 474 g/mol. The number of carbonyl (C=O) groups excluding carboxylic acids is 2. The highest BCUT2D eigenvalue weighted by Crippen LogP contribution is 2.42. The van der Waals surface area contributed by atoms with Crippen LogP contribution in [0.2, 0.25) is 5.02 Å². The number of carbonyl (C=O) groups is 2. The number of halogens is 1. The fraction of sp³-hybridized carbons (Fsp3) is 0.370. The van der Waals surface area contributed by atoms with Gasteiger partial charge in [0, 0.05) is 35.1 Å². The first-order valence-electron chi connectivity index (χ1n) is 12.1. The van der Waals surface area contributed by atoms with Crippen molar-refractivity contribution >= 4 is 29.1 Å². The molecule has 1 fully saturated rings. The van der Waals surface area contributed by atoms with E-state index in [1.54, 1.807) is 0 Å². The van der Waals surface area contributed by atoms with E-state index in [9.17, 15) is 9.59 Å². The number of fused-ring (bicyclic) bond motifs is 2. The second-order valence-electron chi connectivity index (χ2n) is 9.70. The molecule has 3 aromatic rings. The zero-order valence-corrected chi connectivity index (χ0v) is 19.9. The molecule has 2 aromatic carbocycles. The molecular formula is C27H27ClN4O2. The van der Waals surface area contributed by atoms with Gasteiger partial charge in [-0.25, -0.2) is 4.68 Å². The number of piperidine rings is 1. The number of hydrogen-bond acceptors (Lipinski definition) is 3. The van der Waals surface area contributed by atoms with E-state index in [0.29, 0.717) is 23.8 Å². The van der Waals surface area contributed by atoms with E-state index in [1.165, 1.54) is 11.3 Å². The van der Waals surface area contributed by atoms with Gasteiger partial charge in [-0.3, -0.25) is 9.59 Å². The van der Waals surface area contributed by atoms with E-state index < -0.39 is 0 Å². The molecule has 174 valence electrons. The standard InChI is InChI=1S/C27H27ClN4O2/c1-16-5-8-19(9-6-16)32-23-4-2-3-21(23)25(30-32)27(34)31-13-11-17(12-14-31)24-20-10-7-18(28)15-22(20)29-26(24)33/h5-10,15,17,24H,2-4,11-14H2,1H3,(H,29,33). The average Bonchev–Trinajstić information content (AvgIpc) is 3.52. The number of amides is 2. The first-order valence-corrected chi connectivity index (χ1v) is 12.4. The Balaban J connectivity index is 1.20. The third-order valence-electron chi connectivity index (χ3n) is 7.60. The van der Waals surface area contributed by atoms with Gasteiger partial charge < -0.3 is 10.2 Å². The van der Waals surface area contributed by atoms with E-state index in [1.807, 2.05) is 27.8 Å². The Labute approximate surface area is 203 Å². The summed E-state index contributed by atoms with van der Waals surface area (Å²) < 4.78 is 1.96. The molecule has 1 atom stereocenters. The summed E-state index contributed by atoms with van der Waals surface area (Å²) in [6, 6.07) is 13.9. The third kappa shape index (κ3) is 3.52. The molecular weight excluding hydrogens is 448 g/mol. The van der Waals surface area contributed by atoms with E-state index in [4.69, 9.17) is 16.7 Å². The highest BCUT2D eigenvalue weighted by atomic mass is 35.5. The summed E-state index contributed by atoms with van der Waals surface area (Å²) >= 11 is 6.10. The quantitative estimate of drug-likeness (QED) is 0.586. The zero-order chi connectivity index (χ0) is 23.4. The maximum Gasteiger partial charge on any atom is 0.274 e. The summed E-state index contributed by atoms with van der Waals surface area (Å²) in [6.45, 7) is 3.35. The van der Waals surface area contributed by atoms with Crippen LogP contribution in [0.25, 0.3) is 5.69 Å². The Morgan fingerprint density at radius 2 is 1.85 bits per heavy atom. The predicted molar refractivity (Wildman–Crippen MR) is 132 cm³/mol. The van der Waals surface area contributed by atoms with Gasteiger partial charge in [0.15, 0.2) is 5.69 Å². The number of anilines is 1. The molecule has 1 aromatic heterocycles. The highest BCUT2D eigenvalue weighted by Gasteiger charge is 2.39. The van der Waals surface area contributed by atoms with Crippen molar-refractivity contribution in [2.75, 3.05) is 18.4 Å². The van der Waals surface area contributed by atoms with Crippen molar-refractivity contribution in [2.45, 2.75) is 44.9 Å². The lowest BCUT2D eigenvalue weighted by Crippen LogP contribution is -2.41. The molecule has 6 nitrogen and oxygen atoms in total. The van der Waals surface area contributed by atoms with Crippen LogP contribution in [0, 0.1) is 12.8 Å². The molecule has 2 amide bonds. The average molecular weight is 475 g/mol. The fourth-order valence-corrected chi connectivity index (χ4v) is 5.99. The van der Waals surface area contributed by atoms with Crippen molar-refractivity contribution in [3.05, 3.63) is 75.6 Å². The first kappa shape index (κ1) is 21.4. The minimum Gasteiger partial charge on any atom is -0.337 e. The van der Waals surface area contributed by atoms with Crippen LogP contribution in [0.5, 0.6) is 0 Å². The largest absolute Gasteiger partial charge is 0.337 e. The maximum atomic E-state index is 13.5. The van der Waals surface area contributed by atoms with Crippen molar-refractivity contribution in [3.63, 3.8) is 0 Å². The summed E-state index contributed by atoms with van der Waals surface area (Å²) in [4.78, 5) is 28.2. The number of aryl methyl sites for hydroxylation is 1. The smallest absolute Gasteiger partial charge is 0.274 e. The Morgan fingerprint density at radius 3 is 2.62 bits per heavy atom. The van der Waals surface area contributed by atoms with Gasteiger partial charge in [0.25, 0.3) is 5.91 Å². The molecule has 7 heteroatoms. The van der Waals surface area contributed by atoms with Crippen LogP contribution >= 0.6 is 11.6 Å². The van der Waals surface area contributed by atoms with Crippen molar-refractivity contribution in [1.29, 1.82) is 0 Å². The van der Waals surface area contributed by atoms with E-state index in [2.05, 4.69) is 36.5 Å². The minimum atomic E-state index is -0.172. The Bertz CT molecular complexity index is 1290. The SMILES string of the molecule is Cc1ccc(-n2nc(C(=O)N3CCC(C4C(=O)Nc5cc(Cl)ccc54)CC3)c3c2CCC3)cc1. The lowest BCUT2D eigenvalue weighted by atomic mass is 9.80. The lowest BCUT2D eigenvalue weighted by Gasteiger charge is -2.34. The predicted octanol–water partition coefficient (Wildman–Crippen LogP) is 4.91. The second-order valence-corrected chi connectivity index (χ2v) is 10.1. The van der Waals surface area contributed by atoms with Crippen LogP contribution in [-0.4, -0.2) is 39.6 Å². The van der Waals surface area contributed by atoms with Crippen LogP contribution in [0.1, 0.15) is 58.1 Å². The molecule has 0 spiro atoms. The summed E-state index contributed by atoms with van der Waals surface area (Å²) in [7, 11) is 0. The molecule has 2 aliphatic heterocycles. The van der Waals surface area contributed by atoms with E-state index in [0.717, 1.165) is 54.6 Å². The summed E-state index contributed by atoms with van der Waals surface area (Å²) in [6.07, 6.45) is 4.51. The molecule has 1 N–H and O–H groups in total. The molecule has 1 saturated heterocycles. The number of hydrogen-bond donors (Lipinski definition) is 1. The van der Waals surface area contributed by atoms with Crippen LogP contribution < -0.4 is 5.32 Å². The van der Waals surface area contributed by atoms with Crippen LogP contribution in [0.4, 0.5) is 5.69 Å². The number of nitrogens with zero attached hydrogens (tertiary/aromatic N) is 3. The van der Waals surface area contributed by atoms with Gasteiger partial charge in [-0.2, -0.15) is 5.10 Å². The minimum absolute atomic E-state index is 0.0190. The fourth-order valence-electron chi connectivity index (χ4n) is 5.82. The molecule has 0 saturated carbocycles. The molecule has 34 heavy (non-hydrogen) atoms. The summed E-state index contributed by atoms with van der Waals surface area (Å²) in [5.74, 6) is 0.0963. The number of benzene rings is 2. The van der Waals surface area contributed by atoms with Crippen LogP contribution in [0.3, 0.4) is 0 Å². The number of aromatic nitrogens is 2. The second kappa shape index (κ2) is 8.27. The Morgan fingerprint density at radius 1 is 1.09 bits per heavy atom. The summed E-state index contributed by atoms with van der Waals surface area (Å²) in [5.41, 5.74) is 6.92. The molecule has 1 aliphatic carbocycles. The summed E-state index contributed by atoms with van der Waals surface area (Å²) in [5, 5.41) is 8.40. The molecule has 3 aliphatic rings. The van der Waals surface area contributed by atoms with E-state index >= 15 is 0 Å². The molecule has 6 rings (SSSR count). The molecule has 1 unspecified atom stereocenters. The number of rotatable bonds is 3. The van der Waals surface area contributed by atoms with Gasteiger partial charge >= 0.3 is 0 Å². The van der Waals surface area contributed by atoms with Crippen molar-refractivity contribution in [1.82, 2.24) is 14.7 Å². The van der Waals surface area contributed by atoms with E-state index in [-0.39, 0.29) is 23.7 Å². The van der Waals surface area contributed by atoms with Crippen molar-refractivity contribution < 1.29 is 9.59 Å².